The maximum atomic E-state index is 11.9. The van der Waals surface area contributed by atoms with Crippen molar-refractivity contribution in [2.24, 2.45) is 0 Å². The number of carboxylic acid groups (broad SMARTS) is 1. The minimum atomic E-state index is -1.69. The van der Waals surface area contributed by atoms with Crippen LogP contribution >= 0.6 is 0 Å². The molecule has 2 rings (SSSR count). The summed E-state index contributed by atoms with van der Waals surface area (Å²) in [4.78, 5) is 22.5. The SMILES string of the molecule is O=C(O)CC(O)C(=O)OC(c1ccccc1)c1ccccc1. The Morgan fingerprint density at radius 2 is 1.36 bits per heavy atom. The predicted octanol–water partition coefficient (Wildman–Crippen LogP) is 2.15. The van der Waals surface area contributed by atoms with Crippen molar-refractivity contribution >= 4 is 11.9 Å². The zero-order valence-corrected chi connectivity index (χ0v) is 11.8. The van der Waals surface area contributed by atoms with Crippen molar-refractivity contribution in [3.63, 3.8) is 0 Å². The molecule has 22 heavy (non-hydrogen) atoms. The molecule has 0 bridgehead atoms. The van der Waals surface area contributed by atoms with E-state index >= 15 is 0 Å². The first kappa shape index (κ1) is 15.7. The van der Waals surface area contributed by atoms with E-state index in [0.717, 1.165) is 11.1 Å². The van der Waals surface area contributed by atoms with Crippen LogP contribution in [-0.4, -0.2) is 28.3 Å². The lowest BCUT2D eigenvalue weighted by atomic mass is 10.0. The van der Waals surface area contributed by atoms with E-state index in [1.54, 1.807) is 24.3 Å². The van der Waals surface area contributed by atoms with Gasteiger partial charge in [-0.3, -0.25) is 4.79 Å². The fourth-order valence-corrected chi connectivity index (χ4v) is 2.03. The molecule has 0 amide bonds. The fraction of sp³-hybridized carbons (Fsp3) is 0.176. The average molecular weight is 300 g/mol. The molecule has 1 unspecified atom stereocenters. The summed E-state index contributed by atoms with van der Waals surface area (Å²) >= 11 is 0. The van der Waals surface area contributed by atoms with Crippen LogP contribution in [0.2, 0.25) is 0 Å². The maximum absolute atomic E-state index is 11.9. The average Bonchev–Trinajstić information content (AvgIpc) is 2.53. The third-order valence-corrected chi connectivity index (χ3v) is 3.08. The summed E-state index contributed by atoms with van der Waals surface area (Å²) in [7, 11) is 0. The number of hydrogen-bond acceptors (Lipinski definition) is 4. The Bertz CT molecular complexity index is 585. The standard InChI is InChI=1S/C17H16O5/c18-14(11-15(19)20)17(21)22-16(12-7-3-1-4-8-12)13-9-5-2-6-10-13/h1-10,14,16,18H,11H2,(H,19,20). The quantitative estimate of drug-likeness (QED) is 0.799. The van der Waals surface area contributed by atoms with Crippen LogP contribution in [0.15, 0.2) is 60.7 Å². The molecule has 0 saturated heterocycles. The normalized spacial score (nSPS) is 11.9. The van der Waals surface area contributed by atoms with Gasteiger partial charge in [0.1, 0.15) is 0 Å². The summed E-state index contributed by atoms with van der Waals surface area (Å²) < 4.78 is 5.33. The molecule has 0 aromatic heterocycles. The van der Waals surface area contributed by atoms with Gasteiger partial charge in [0.15, 0.2) is 12.2 Å². The van der Waals surface area contributed by atoms with Gasteiger partial charge in [0.25, 0.3) is 0 Å². The van der Waals surface area contributed by atoms with Gasteiger partial charge in [-0.15, -0.1) is 0 Å². The van der Waals surface area contributed by atoms with E-state index in [4.69, 9.17) is 9.84 Å². The van der Waals surface area contributed by atoms with Crippen molar-refractivity contribution in [3.05, 3.63) is 71.8 Å². The summed E-state index contributed by atoms with van der Waals surface area (Å²) in [5.41, 5.74) is 1.48. The fourth-order valence-electron chi connectivity index (χ4n) is 2.03. The van der Waals surface area contributed by atoms with Gasteiger partial charge in [0.05, 0.1) is 6.42 Å². The van der Waals surface area contributed by atoms with Crippen molar-refractivity contribution in [2.75, 3.05) is 0 Å². The molecule has 0 saturated carbocycles. The lowest BCUT2D eigenvalue weighted by Crippen LogP contribution is -2.27. The molecule has 1 atom stereocenters. The first-order valence-electron chi connectivity index (χ1n) is 6.78. The van der Waals surface area contributed by atoms with Crippen LogP contribution in [-0.2, 0) is 14.3 Å². The monoisotopic (exact) mass is 300 g/mol. The zero-order valence-electron chi connectivity index (χ0n) is 11.8. The Kier molecular flexibility index (Phi) is 5.27. The lowest BCUT2D eigenvalue weighted by molar-refractivity contribution is -0.161. The minimum absolute atomic E-state index is 0.685. The third-order valence-electron chi connectivity index (χ3n) is 3.08. The highest BCUT2D eigenvalue weighted by molar-refractivity contribution is 5.81. The van der Waals surface area contributed by atoms with Crippen LogP contribution in [0.3, 0.4) is 0 Å². The zero-order chi connectivity index (χ0) is 15.9. The van der Waals surface area contributed by atoms with Crippen LogP contribution in [0.4, 0.5) is 0 Å². The smallest absolute Gasteiger partial charge is 0.336 e. The van der Waals surface area contributed by atoms with Crippen molar-refractivity contribution in [3.8, 4) is 0 Å². The van der Waals surface area contributed by atoms with Crippen LogP contribution in [0.1, 0.15) is 23.7 Å². The number of esters is 1. The Morgan fingerprint density at radius 3 is 1.77 bits per heavy atom. The summed E-state index contributed by atoms with van der Waals surface area (Å²) in [5.74, 6) is -2.22. The molecule has 0 spiro atoms. The van der Waals surface area contributed by atoms with E-state index < -0.39 is 30.6 Å². The number of benzene rings is 2. The topological polar surface area (TPSA) is 83.8 Å². The Morgan fingerprint density at radius 1 is 0.909 bits per heavy atom. The highest BCUT2D eigenvalue weighted by Gasteiger charge is 2.25. The number of ether oxygens (including phenoxy) is 1. The highest BCUT2D eigenvalue weighted by atomic mass is 16.6. The van der Waals surface area contributed by atoms with Crippen molar-refractivity contribution in [2.45, 2.75) is 18.6 Å². The molecular weight excluding hydrogens is 284 g/mol. The minimum Gasteiger partial charge on any atom is -0.481 e. The summed E-state index contributed by atoms with van der Waals surface area (Å²) in [6, 6.07) is 18.1. The number of aliphatic hydroxyl groups is 1. The number of hydrogen-bond donors (Lipinski definition) is 2. The molecular formula is C17H16O5. The van der Waals surface area contributed by atoms with Gasteiger partial charge in [-0.1, -0.05) is 60.7 Å². The van der Waals surface area contributed by atoms with Crippen LogP contribution in [0, 0.1) is 0 Å². The molecule has 0 heterocycles. The second-order valence-electron chi connectivity index (χ2n) is 4.75. The third kappa shape index (κ3) is 4.17. The van der Waals surface area contributed by atoms with Gasteiger partial charge in [-0.2, -0.15) is 0 Å². The molecule has 2 aromatic rings. The van der Waals surface area contributed by atoms with Crippen molar-refractivity contribution in [1.82, 2.24) is 0 Å². The van der Waals surface area contributed by atoms with Crippen LogP contribution in [0.5, 0.6) is 0 Å². The second-order valence-corrected chi connectivity index (χ2v) is 4.75. The number of carboxylic acids is 1. The first-order valence-corrected chi connectivity index (χ1v) is 6.78. The van der Waals surface area contributed by atoms with E-state index in [-0.39, 0.29) is 0 Å². The van der Waals surface area contributed by atoms with Gasteiger partial charge in [0, 0.05) is 0 Å². The molecule has 114 valence electrons. The Hall–Kier alpha value is -2.66. The van der Waals surface area contributed by atoms with Crippen LogP contribution in [0.25, 0.3) is 0 Å². The first-order chi connectivity index (χ1) is 10.6. The summed E-state index contributed by atoms with van der Waals surface area (Å²) in [6.07, 6.45) is -3.07. The molecule has 5 heteroatoms. The molecule has 5 nitrogen and oxygen atoms in total. The lowest BCUT2D eigenvalue weighted by Gasteiger charge is -2.20. The van der Waals surface area contributed by atoms with Crippen molar-refractivity contribution in [1.29, 1.82) is 0 Å². The second kappa shape index (κ2) is 7.38. The summed E-state index contributed by atoms with van der Waals surface area (Å²) in [6.45, 7) is 0. The van der Waals surface area contributed by atoms with E-state index in [1.807, 2.05) is 36.4 Å². The largest absolute Gasteiger partial charge is 0.481 e. The molecule has 2 N–H and O–H groups in total. The number of rotatable bonds is 6. The molecule has 0 radical (unpaired) electrons. The van der Waals surface area contributed by atoms with Gasteiger partial charge in [-0.05, 0) is 11.1 Å². The number of carbonyl (C=O) groups excluding carboxylic acids is 1. The predicted molar refractivity (Wildman–Crippen MR) is 79.1 cm³/mol. The molecule has 0 aliphatic heterocycles. The Balaban J connectivity index is 2.23. The van der Waals surface area contributed by atoms with Crippen molar-refractivity contribution < 1.29 is 24.5 Å². The van der Waals surface area contributed by atoms with Gasteiger partial charge >= 0.3 is 11.9 Å². The van der Waals surface area contributed by atoms with E-state index in [0.29, 0.717) is 0 Å². The summed E-state index contributed by atoms with van der Waals surface area (Å²) in [5, 5.41) is 18.2. The number of carbonyl (C=O) groups is 2. The van der Waals surface area contributed by atoms with Gasteiger partial charge in [-0.25, -0.2) is 4.79 Å². The Labute approximate surface area is 127 Å². The van der Waals surface area contributed by atoms with E-state index in [1.165, 1.54) is 0 Å². The maximum Gasteiger partial charge on any atom is 0.336 e. The van der Waals surface area contributed by atoms with Crippen LogP contribution < -0.4 is 0 Å². The van der Waals surface area contributed by atoms with E-state index in [9.17, 15) is 14.7 Å². The van der Waals surface area contributed by atoms with E-state index in [2.05, 4.69) is 0 Å². The molecule has 0 fully saturated rings. The van der Waals surface area contributed by atoms with Gasteiger partial charge < -0.3 is 14.9 Å². The van der Waals surface area contributed by atoms with Gasteiger partial charge in [0.2, 0.25) is 0 Å². The molecule has 2 aromatic carbocycles. The highest BCUT2D eigenvalue weighted by Crippen LogP contribution is 2.26. The molecule has 0 aliphatic carbocycles. The number of aliphatic carboxylic acids is 1. The number of aliphatic hydroxyl groups excluding tert-OH is 1. The molecule has 0 aliphatic rings.